The van der Waals surface area contributed by atoms with E-state index in [9.17, 15) is 4.79 Å². The maximum Gasteiger partial charge on any atom is 0.335 e. The molecule has 11 heavy (non-hydrogen) atoms. The fourth-order valence-corrected chi connectivity index (χ4v) is 1.09. The molecule has 0 aromatic rings. The molecular weight excluding hydrogens is 148 g/mol. The van der Waals surface area contributed by atoms with E-state index in [0.29, 0.717) is 6.42 Å². The van der Waals surface area contributed by atoms with Crippen LogP contribution in [0, 0.1) is 0 Å². The summed E-state index contributed by atoms with van der Waals surface area (Å²) >= 11 is 0. The van der Waals surface area contributed by atoms with Gasteiger partial charge in [-0.25, -0.2) is 4.79 Å². The van der Waals surface area contributed by atoms with Gasteiger partial charge in [-0.15, -0.1) is 0 Å². The third-order valence-electron chi connectivity index (χ3n) is 1.71. The Morgan fingerprint density at radius 3 is 2.64 bits per heavy atom. The third kappa shape index (κ3) is 1.91. The molecule has 0 aromatic heterocycles. The Labute approximate surface area is 65.4 Å². The molecule has 1 heterocycles. The maximum atomic E-state index is 10.9. The molecule has 0 aromatic carbocycles. The van der Waals surface area contributed by atoms with Gasteiger partial charge >= 0.3 is 5.97 Å². The highest BCUT2D eigenvalue weighted by atomic mass is 16.7. The largest absolute Gasteiger partial charge is 0.467 e. The molecule has 0 amide bonds. The fraction of sp³-hybridized carbons (Fsp3) is 0.857. The van der Waals surface area contributed by atoms with Crippen LogP contribution in [0.2, 0.25) is 0 Å². The van der Waals surface area contributed by atoms with E-state index in [-0.39, 0.29) is 12.3 Å². The van der Waals surface area contributed by atoms with Crippen molar-refractivity contribution in [3.05, 3.63) is 0 Å². The van der Waals surface area contributed by atoms with Crippen LogP contribution in [0.1, 0.15) is 12.8 Å². The van der Waals surface area contributed by atoms with Crippen LogP contribution < -0.4 is 0 Å². The highest BCUT2D eigenvalue weighted by molar-refractivity contribution is 5.74. The second-order valence-corrected chi connectivity index (χ2v) is 2.39. The minimum absolute atomic E-state index is 0.237. The van der Waals surface area contributed by atoms with Crippen LogP contribution >= 0.6 is 0 Å². The topological polar surface area (TPSA) is 44.8 Å². The average Bonchev–Trinajstić information content (AvgIpc) is 2.50. The second kappa shape index (κ2) is 3.69. The molecular formula is C7H12O4. The predicted molar refractivity (Wildman–Crippen MR) is 36.9 cm³/mol. The van der Waals surface area contributed by atoms with Crippen molar-refractivity contribution < 1.29 is 19.0 Å². The molecule has 0 spiro atoms. The fourth-order valence-electron chi connectivity index (χ4n) is 1.09. The third-order valence-corrected chi connectivity index (χ3v) is 1.71. The van der Waals surface area contributed by atoms with Crippen LogP contribution in [0.5, 0.6) is 0 Å². The van der Waals surface area contributed by atoms with Crippen LogP contribution in [-0.2, 0) is 19.0 Å². The lowest BCUT2D eigenvalue weighted by Crippen LogP contribution is -2.22. The molecule has 1 saturated heterocycles. The Hall–Kier alpha value is -0.610. The Balaban J connectivity index is 2.35. The lowest BCUT2D eigenvalue weighted by atomic mass is 10.2. The number of methoxy groups -OCH3 is 2. The zero-order chi connectivity index (χ0) is 8.27. The van der Waals surface area contributed by atoms with E-state index < -0.39 is 6.10 Å². The number of rotatable bonds is 2. The van der Waals surface area contributed by atoms with Crippen molar-refractivity contribution in [2.24, 2.45) is 0 Å². The quantitative estimate of drug-likeness (QED) is 0.545. The number of hydrogen-bond acceptors (Lipinski definition) is 4. The lowest BCUT2D eigenvalue weighted by Gasteiger charge is -2.09. The molecule has 1 unspecified atom stereocenters. The van der Waals surface area contributed by atoms with Crippen molar-refractivity contribution in [2.45, 2.75) is 25.2 Å². The minimum Gasteiger partial charge on any atom is -0.467 e. The zero-order valence-electron chi connectivity index (χ0n) is 6.70. The number of ether oxygens (including phenoxy) is 3. The van der Waals surface area contributed by atoms with Gasteiger partial charge in [-0.05, 0) is 6.42 Å². The summed E-state index contributed by atoms with van der Waals surface area (Å²) in [6.45, 7) is 0. The lowest BCUT2D eigenvalue weighted by molar-refractivity contribution is -0.166. The van der Waals surface area contributed by atoms with Gasteiger partial charge in [0.2, 0.25) is 0 Å². The molecule has 2 atom stereocenters. The molecule has 0 radical (unpaired) electrons. The van der Waals surface area contributed by atoms with Gasteiger partial charge in [0.25, 0.3) is 0 Å². The SMILES string of the molecule is COC(=O)[C@H]1CCC(OC)O1. The van der Waals surface area contributed by atoms with Gasteiger partial charge in [0, 0.05) is 13.5 Å². The smallest absolute Gasteiger partial charge is 0.335 e. The molecule has 1 rings (SSSR count). The Morgan fingerprint density at radius 2 is 2.18 bits per heavy atom. The van der Waals surface area contributed by atoms with Crippen LogP contribution in [0.15, 0.2) is 0 Å². The minimum atomic E-state index is -0.426. The molecule has 64 valence electrons. The number of esters is 1. The van der Waals surface area contributed by atoms with Gasteiger partial charge in [-0.1, -0.05) is 0 Å². The summed E-state index contributed by atoms with van der Waals surface area (Å²) in [7, 11) is 2.91. The summed E-state index contributed by atoms with van der Waals surface area (Å²) in [5, 5.41) is 0. The zero-order valence-corrected chi connectivity index (χ0v) is 6.70. The normalized spacial score (nSPS) is 30.4. The van der Waals surface area contributed by atoms with E-state index in [0.717, 1.165) is 6.42 Å². The maximum absolute atomic E-state index is 10.9. The number of carbonyl (C=O) groups excluding carboxylic acids is 1. The summed E-state index contributed by atoms with van der Waals surface area (Å²) in [5.74, 6) is -0.315. The summed E-state index contributed by atoms with van der Waals surface area (Å²) in [4.78, 5) is 10.9. The molecule has 0 aliphatic carbocycles. The van der Waals surface area contributed by atoms with Crippen LogP contribution in [0.3, 0.4) is 0 Å². The van der Waals surface area contributed by atoms with Gasteiger partial charge < -0.3 is 14.2 Å². The van der Waals surface area contributed by atoms with Crippen LogP contribution in [0.25, 0.3) is 0 Å². The van der Waals surface area contributed by atoms with Gasteiger partial charge in [-0.2, -0.15) is 0 Å². The Kier molecular flexibility index (Phi) is 2.84. The standard InChI is InChI=1S/C7H12O4/c1-9-6-4-3-5(11-6)7(8)10-2/h5-6H,3-4H2,1-2H3/t5-,6?/m1/s1. The van der Waals surface area contributed by atoms with Crippen molar-refractivity contribution in [1.82, 2.24) is 0 Å². The first kappa shape index (κ1) is 8.49. The van der Waals surface area contributed by atoms with Crippen molar-refractivity contribution >= 4 is 5.97 Å². The van der Waals surface area contributed by atoms with E-state index in [1.54, 1.807) is 7.11 Å². The predicted octanol–water partition coefficient (Wildman–Crippen LogP) is 0.311. The summed E-state index contributed by atoms with van der Waals surface area (Å²) < 4.78 is 14.6. The Morgan fingerprint density at radius 1 is 1.45 bits per heavy atom. The first-order valence-electron chi connectivity index (χ1n) is 3.54. The molecule has 1 aliphatic rings. The van der Waals surface area contributed by atoms with E-state index >= 15 is 0 Å². The first-order chi connectivity index (χ1) is 5.27. The highest BCUT2D eigenvalue weighted by Gasteiger charge is 2.31. The first-order valence-corrected chi connectivity index (χ1v) is 3.54. The summed E-state index contributed by atoms with van der Waals surface area (Å²) in [5.41, 5.74) is 0. The van der Waals surface area contributed by atoms with Crippen molar-refractivity contribution in [3.8, 4) is 0 Å². The molecule has 0 saturated carbocycles. The van der Waals surface area contributed by atoms with E-state index in [1.165, 1.54) is 7.11 Å². The van der Waals surface area contributed by atoms with Gasteiger partial charge in [0.1, 0.15) is 0 Å². The van der Waals surface area contributed by atoms with E-state index in [2.05, 4.69) is 4.74 Å². The molecule has 1 aliphatic heterocycles. The summed E-state index contributed by atoms with van der Waals surface area (Å²) in [6.07, 6.45) is 0.783. The molecule has 1 fully saturated rings. The van der Waals surface area contributed by atoms with Gasteiger partial charge in [0.05, 0.1) is 7.11 Å². The van der Waals surface area contributed by atoms with Crippen LogP contribution in [0.4, 0.5) is 0 Å². The van der Waals surface area contributed by atoms with Gasteiger partial charge in [-0.3, -0.25) is 0 Å². The summed E-state index contributed by atoms with van der Waals surface area (Å²) in [6, 6.07) is 0. The Bertz CT molecular complexity index is 145. The van der Waals surface area contributed by atoms with Crippen molar-refractivity contribution in [2.75, 3.05) is 14.2 Å². The number of hydrogen-bond donors (Lipinski definition) is 0. The molecule has 0 bridgehead atoms. The molecule has 0 N–H and O–H groups in total. The van der Waals surface area contributed by atoms with Crippen molar-refractivity contribution in [3.63, 3.8) is 0 Å². The van der Waals surface area contributed by atoms with E-state index in [1.807, 2.05) is 0 Å². The van der Waals surface area contributed by atoms with Crippen molar-refractivity contribution in [1.29, 1.82) is 0 Å². The monoisotopic (exact) mass is 160 g/mol. The molecule has 4 heteroatoms. The second-order valence-electron chi connectivity index (χ2n) is 2.39. The molecule has 4 nitrogen and oxygen atoms in total. The number of carbonyl (C=O) groups is 1. The highest BCUT2D eigenvalue weighted by Crippen LogP contribution is 2.20. The van der Waals surface area contributed by atoms with Gasteiger partial charge in [0.15, 0.2) is 12.4 Å². The van der Waals surface area contributed by atoms with E-state index in [4.69, 9.17) is 9.47 Å². The van der Waals surface area contributed by atoms with Crippen LogP contribution in [-0.4, -0.2) is 32.6 Å². The average molecular weight is 160 g/mol.